The fourth-order valence-electron chi connectivity index (χ4n) is 4.88. The Bertz CT molecular complexity index is 1460. The standard InChI is InChI=1S/C27H29F7N6O2/c1-15-9-17-7-6-8-22(40(24(41)42-25(2,3)4)21(17)13-20(15)27(32,33)34)39(23-35-37-38(5)36-23)14-16-10-18(26(29,30)31)12-19(28)11-16/h9-13,22H,6-8,14H2,1-5H3/t22-/m0/s1. The van der Waals surface area contributed by atoms with Crippen molar-refractivity contribution in [2.45, 2.75) is 77.6 Å². The molecule has 42 heavy (non-hydrogen) atoms. The van der Waals surface area contributed by atoms with Gasteiger partial charge in [0.1, 0.15) is 17.6 Å². The number of hydrogen-bond acceptors (Lipinski definition) is 6. The number of ether oxygens (including phenoxy) is 1. The van der Waals surface area contributed by atoms with E-state index in [1.165, 1.54) is 24.9 Å². The van der Waals surface area contributed by atoms with E-state index in [0.29, 0.717) is 24.5 Å². The number of halogens is 7. The Kier molecular flexibility index (Phi) is 8.17. The van der Waals surface area contributed by atoms with Gasteiger partial charge in [0.05, 0.1) is 23.9 Å². The van der Waals surface area contributed by atoms with Crippen molar-refractivity contribution in [3.63, 3.8) is 0 Å². The second-order valence-corrected chi connectivity index (χ2v) is 11.1. The van der Waals surface area contributed by atoms with Crippen LogP contribution in [-0.2, 0) is 37.1 Å². The fourth-order valence-corrected chi connectivity index (χ4v) is 4.88. The van der Waals surface area contributed by atoms with E-state index in [1.54, 1.807) is 20.8 Å². The highest BCUT2D eigenvalue weighted by Crippen LogP contribution is 2.41. The van der Waals surface area contributed by atoms with Crippen molar-refractivity contribution < 1.29 is 40.3 Å². The summed E-state index contributed by atoms with van der Waals surface area (Å²) < 4.78 is 102. The van der Waals surface area contributed by atoms with E-state index < -0.39 is 53.7 Å². The highest BCUT2D eigenvalue weighted by molar-refractivity contribution is 5.91. The topological polar surface area (TPSA) is 76.4 Å². The minimum absolute atomic E-state index is 0.0317. The molecular weight excluding hydrogens is 573 g/mol. The van der Waals surface area contributed by atoms with E-state index in [0.717, 1.165) is 27.9 Å². The van der Waals surface area contributed by atoms with Gasteiger partial charge < -0.3 is 9.64 Å². The number of aromatic nitrogens is 4. The third kappa shape index (κ3) is 6.93. The molecule has 1 aliphatic heterocycles. The van der Waals surface area contributed by atoms with Crippen LogP contribution in [0.1, 0.15) is 61.4 Å². The summed E-state index contributed by atoms with van der Waals surface area (Å²) >= 11 is 0. The number of carbonyl (C=O) groups is 1. The van der Waals surface area contributed by atoms with E-state index in [4.69, 9.17) is 4.74 Å². The first-order valence-corrected chi connectivity index (χ1v) is 12.9. The molecule has 0 aliphatic carbocycles. The van der Waals surface area contributed by atoms with E-state index in [1.807, 2.05) is 0 Å². The molecule has 0 bridgehead atoms. The molecule has 3 aromatic rings. The highest BCUT2D eigenvalue weighted by Gasteiger charge is 2.41. The van der Waals surface area contributed by atoms with Crippen molar-refractivity contribution in [1.82, 2.24) is 20.2 Å². The van der Waals surface area contributed by atoms with Gasteiger partial charge in [-0.25, -0.2) is 9.18 Å². The molecule has 1 aromatic heterocycles. The van der Waals surface area contributed by atoms with Crippen LogP contribution in [-0.4, -0.2) is 38.1 Å². The summed E-state index contributed by atoms with van der Waals surface area (Å²) in [7, 11) is 1.44. The van der Waals surface area contributed by atoms with Crippen LogP contribution in [0, 0.1) is 12.7 Å². The van der Waals surface area contributed by atoms with Gasteiger partial charge in [0, 0.05) is 6.54 Å². The Balaban J connectivity index is 1.92. The van der Waals surface area contributed by atoms with Crippen LogP contribution in [0.2, 0.25) is 0 Å². The maximum atomic E-state index is 14.3. The molecule has 228 valence electrons. The van der Waals surface area contributed by atoms with Crippen LogP contribution >= 0.6 is 0 Å². The molecular formula is C27H29F7N6O2. The van der Waals surface area contributed by atoms with Gasteiger partial charge in [-0.3, -0.25) is 4.90 Å². The number of hydrogen-bond donors (Lipinski definition) is 0. The number of rotatable bonds is 4. The molecule has 0 spiro atoms. The first-order valence-electron chi connectivity index (χ1n) is 12.9. The molecule has 4 rings (SSSR count). The number of carbonyl (C=O) groups excluding carboxylic acids is 1. The summed E-state index contributed by atoms with van der Waals surface area (Å²) in [4.78, 5) is 17.2. The number of alkyl halides is 6. The molecule has 15 heteroatoms. The van der Waals surface area contributed by atoms with Gasteiger partial charge in [0.25, 0.3) is 5.95 Å². The molecule has 1 atom stereocenters. The highest BCUT2D eigenvalue weighted by atomic mass is 19.4. The second-order valence-electron chi connectivity index (χ2n) is 11.1. The Labute approximate surface area is 237 Å². The molecule has 0 unspecified atom stereocenters. The van der Waals surface area contributed by atoms with Gasteiger partial charge in [0.2, 0.25) is 0 Å². The van der Waals surface area contributed by atoms with Gasteiger partial charge in [-0.05, 0) is 93.1 Å². The molecule has 0 saturated carbocycles. The number of aryl methyl sites for hydroxylation is 3. The molecule has 0 radical (unpaired) electrons. The summed E-state index contributed by atoms with van der Waals surface area (Å²) in [6, 6.07) is 4.24. The van der Waals surface area contributed by atoms with Crippen LogP contribution in [0.3, 0.4) is 0 Å². The van der Waals surface area contributed by atoms with Crippen LogP contribution in [0.4, 0.5) is 47.2 Å². The molecule has 2 heterocycles. The van der Waals surface area contributed by atoms with E-state index >= 15 is 0 Å². The van der Waals surface area contributed by atoms with Crippen molar-refractivity contribution in [3.05, 3.63) is 64.0 Å². The van der Waals surface area contributed by atoms with E-state index in [2.05, 4.69) is 15.4 Å². The minimum Gasteiger partial charge on any atom is -0.443 e. The summed E-state index contributed by atoms with van der Waals surface area (Å²) in [6.45, 7) is 5.64. The average Bonchev–Trinajstić information content (AvgIpc) is 3.16. The third-order valence-corrected chi connectivity index (χ3v) is 6.54. The monoisotopic (exact) mass is 602 g/mol. The Morgan fingerprint density at radius 2 is 1.74 bits per heavy atom. The molecule has 0 saturated heterocycles. The lowest BCUT2D eigenvalue weighted by Gasteiger charge is -2.39. The van der Waals surface area contributed by atoms with Crippen LogP contribution < -0.4 is 9.80 Å². The van der Waals surface area contributed by atoms with Crippen molar-refractivity contribution in [1.29, 1.82) is 0 Å². The van der Waals surface area contributed by atoms with Crippen LogP contribution in [0.5, 0.6) is 0 Å². The Morgan fingerprint density at radius 1 is 1.05 bits per heavy atom. The number of nitrogens with zero attached hydrogens (tertiary/aromatic N) is 6. The number of fused-ring (bicyclic) bond motifs is 1. The summed E-state index contributed by atoms with van der Waals surface area (Å²) in [6.07, 6.45) is -10.9. The lowest BCUT2D eigenvalue weighted by molar-refractivity contribution is -0.138. The molecule has 8 nitrogen and oxygen atoms in total. The van der Waals surface area contributed by atoms with Gasteiger partial charge in [0.15, 0.2) is 0 Å². The van der Waals surface area contributed by atoms with Crippen LogP contribution in [0.25, 0.3) is 0 Å². The molecule has 0 fully saturated rings. The zero-order valence-corrected chi connectivity index (χ0v) is 23.4. The lowest BCUT2D eigenvalue weighted by atomic mass is 9.99. The second kappa shape index (κ2) is 11.1. The van der Waals surface area contributed by atoms with Crippen molar-refractivity contribution in [2.75, 3.05) is 9.80 Å². The zero-order valence-electron chi connectivity index (χ0n) is 23.4. The Morgan fingerprint density at radius 3 is 2.31 bits per heavy atom. The Hall–Kier alpha value is -3.91. The first-order chi connectivity index (χ1) is 19.3. The fraction of sp³-hybridized carbons (Fsp3) is 0.481. The van der Waals surface area contributed by atoms with Gasteiger partial charge in [-0.1, -0.05) is 11.2 Å². The number of anilines is 2. The van der Waals surface area contributed by atoms with Gasteiger partial charge in [-0.15, -0.1) is 5.10 Å². The minimum atomic E-state index is -4.85. The van der Waals surface area contributed by atoms with E-state index in [9.17, 15) is 35.5 Å². The van der Waals surface area contributed by atoms with Crippen molar-refractivity contribution in [2.24, 2.45) is 7.05 Å². The lowest BCUT2D eigenvalue weighted by Crippen LogP contribution is -2.53. The largest absolute Gasteiger partial charge is 0.443 e. The smallest absolute Gasteiger partial charge is 0.416 e. The number of benzene rings is 2. The number of amides is 1. The average molecular weight is 603 g/mol. The van der Waals surface area contributed by atoms with Crippen molar-refractivity contribution >= 4 is 17.7 Å². The maximum Gasteiger partial charge on any atom is 0.416 e. The SMILES string of the molecule is Cc1cc2c(cc1C(F)(F)F)N(C(=O)OC(C)(C)C)[C@H](N(Cc1cc(F)cc(C(F)(F)F)c1)c1nnn(C)n1)CCC2. The third-order valence-electron chi connectivity index (χ3n) is 6.54. The molecule has 1 amide bonds. The first kappa shape index (κ1) is 31.0. The summed E-state index contributed by atoms with van der Waals surface area (Å²) in [5.41, 5.74) is -3.03. The van der Waals surface area contributed by atoms with Crippen LogP contribution in [0.15, 0.2) is 30.3 Å². The normalized spacial score (nSPS) is 16.2. The summed E-state index contributed by atoms with van der Waals surface area (Å²) in [5, 5.41) is 11.9. The quantitative estimate of drug-likeness (QED) is 0.306. The zero-order chi connectivity index (χ0) is 31.2. The molecule has 1 aliphatic rings. The molecule has 0 N–H and O–H groups in total. The maximum absolute atomic E-state index is 14.3. The summed E-state index contributed by atoms with van der Waals surface area (Å²) in [5.74, 6) is -1.28. The molecule has 2 aromatic carbocycles. The predicted molar refractivity (Wildman–Crippen MR) is 138 cm³/mol. The van der Waals surface area contributed by atoms with Gasteiger partial charge >= 0.3 is 18.4 Å². The van der Waals surface area contributed by atoms with E-state index in [-0.39, 0.29) is 29.2 Å². The van der Waals surface area contributed by atoms with Crippen molar-refractivity contribution in [3.8, 4) is 0 Å². The van der Waals surface area contributed by atoms with Gasteiger partial charge in [-0.2, -0.15) is 31.1 Å². The number of tetrazole rings is 1. The predicted octanol–water partition coefficient (Wildman–Crippen LogP) is 6.81.